The van der Waals surface area contributed by atoms with Gasteiger partial charge in [-0.05, 0) is 68.8 Å². The van der Waals surface area contributed by atoms with Gasteiger partial charge in [0, 0.05) is 22.1 Å². The second-order valence-electron chi connectivity index (χ2n) is 17.2. The molecule has 0 atom stereocenters. The van der Waals surface area contributed by atoms with Crippen LogP contribution >= 0.6 is 0 Å². The van der Waals surface area contributed by atoms with E-state index in [2.05, 4.69) is 199 Å². The molecular formula is C49H48N2Si2. The summed E-state index contributed by atoms with van der Waals surface area (Å²) in [5.41, 5.74) is 15.3. The van der Waals surface area contributed by atoms with Gasteiger partial charge in [0.25, 0.3) is 0 Å². The van der Waals surface area contributed by atoms with Gasteiger partial charge in [-0.1, -0.05) is 185 Å². The third kappa shape index (κ3) is 6.67. The molecule has 2 nitrogen and oxygen atoms in total. The van der Waals surface area contributed by atoms with Crippen LogP contribution in [0.5, 0.6) is 0 Å². The first-order valence-electron chi connectivity index (χ1n) is 18.8. The summed E-state index contributed by atoms with van der Waals surface area (Å²) >= 11 is 0. The Balaban J connectivity index is 1.18. The molecule has 0 fully saturated rings. The van der Waals surface area contributed by atoms with Crippen molar-refractivity contribution in [2.24, 2.45) is 0 Å². The molecule has 0 bridgehead atoms. The van der Waals surface area contributed by atoms with E-state index in [1.807, 2.05) is 0 Å². The lowest BCUT2D eigenvalue weighted by atomic mass is 9.81. The van der Waals surface area contributed by atoms with Crippen molar-refractivity contribution < 1.29 is 0 Å². The van der Waals surface area contributed by atoms with Gasteiger partial charge in [-0.2, -0.15) is 0 Å². The number of aromatic nitrogens is 2. The summed E-state index contributed by atoms with van der Waals surface area (Å²) in [4.78, 5) is 10.4. The maximum absolute atomic E-state index is 5.22. The maximum Gasteiger partial charge on any atom is 0.160 e. The largest absolute Gasteiger partial charge is 0.228 e. The molecule has 0 aliphatic heterocycles. The van der Waals surface area contributed by atoms with E-state index in [1.165, 1.54) is 49.3 Å². The van der Waals surface area contributed by atoms with Gasteiger partial charge in [0.15, 0.2) is 5.82 Å². The Bertz CT molecular complexity index is 2410. The fourth-order valence-electron chi connectivity index (χ4n) is 7.75. The molecule has 8 rings (SSSR count). The number of hydrogen-bond donors (Lipinski definition) is 0. The molecule has 0 N–H and O–H groups in total. The second-order valence-corrected chi connectivity index (χ2v) is 27.4. The average Bonchev–Trinajstić information content (AvgIpc) is 3.39. The molecule has 1 aromatic heterocycles. The van der Waals surface area contributed by atoms with Crippen LogP contribution in [0.4, 0.5) is 0 Å². The zero-order valence-corrected chi connectivity index (χ0v) is 34.3. The summed E-state index contributed by atoms with van der Waals surface area (Å²) in [6, 6.07) is 53.7. The minimum Gasteiger partial charge on any atom is -0.228 e. The van der Waals surface area contributed by atoms with Crippen molar-refractivity contribution in [3.63, 3.8) is 0 Å². The first kappa shape index (κ1) is 34.9. The van der Waals surface area contributed by atoms with Gasteiger partial charge in [-0.3, -0.25) is 0 Å². The fraction of sp³-hybridized carbons (Fsp3) is 0.184. The van der Waals surface area contributed by atoms with Gasteiger partial charge in [-0.25, -0.2) is 9.97 Å². The van der Waals surface area contributed by atoms with E-state index in [9.17, 15) is 0 Å². The van der Waals surface area contributed by atoms with Crippen LogP contribution in [-0.4, -0.2) is 26.1 Å². The monoisotopic (exact) mass is 720 g/mol. The van der Waals surface area contributed by atoms with Crippen molar-refractivity contribution in [2.45, 2.75) is 58.5 Å². The molecule has 0 saturated heterocycles. The maximum atomic E-state index is 5.22. The summed E-state index contributed by atoms with van der Waals surface area (Å²) in [5.74, 6) is 0.736. The number of nitrogens with zero attached hydrogens (tertiary/aromatic N) is 2. The van der Waals surface area contributed by atoms with Crippen LogP contribution < -0.4 is 10.4 Å². The third-order valence-corrected chi connectivity index (χ3v) is 15.2. The number of fused-ring (bicyclic) bond motifs is 3. The molecule has 6 aromatic carbocycles. The third-order valence-electron chi connectivity index (χ3n) is 11.1. The highest BCUT2D eigenvalue weighted by molar-refractivity contribution is 6.89. The standard InChI is InChI=1S/C49H48N2Si2/c1-49(2)44-18-10-9-17-42(44)43-28-23-38(31-45(43)49)36-14-11-13-35(29-36)37-15-12-16-39(30-37)48-50-46(33-19-24-40(25-20-33)52(3,4)5)32-47(51-48)34-21-26-41(27-22-34)53(6,7)8/h9-32H,1-8H3. The summed E-state index contributed by atoms with van der Waals surface area (Å²) < 4.78 is 0. The Morgan fingerprint density at radius 3 is 1.34 bits per heavy atom. The normalized spacial score (nSPS) is 13.4. The molecular weight excluding hydrogens is 673 g/mol. The zero-order chi connectivity index (χ0) is 37.1. The lowest BCUT2D eigenvalue weighted by Crippen LogP contribution is -2.37. The molecule has 262 valence electrons. The van der Waals surface area contributed by atoms with Gasteiger partial charge in [0.05, 0.1) is 27.5 Å². The Morgan fingerprint density at radius 2 is 0.811 bits per heavy atom. The van der Waals surface area contributed by atoms with Gasteiger partial charge in [0.1, 0.15) is 0 Å². The fourth-order valence-corrected chi connectivity index (χ4v) is 10.1. The Kier molecular flexibility index (Phi) is 8.59. The average molecular weight is 721 g/mol. The van der Waals surface area contributed by atoms with E-state index in [1.54, 1.807) is 0 Å². The Morgan fingerprint density at radius 1 is 0.377 bits per heavy atom. The zero-order valence-electron chi connectivity index (χ0n) is 32.3. The smallest absolute Gasteiger partial charge is 0.160 e. The first-order chi connectivity index (χ1) is 25.3. The lowest BCUT2D eigenvalue weighted by molar-refractivity contribution is 0.660. The van der Waals surface area contributed by atoms with Crippen LogP contribution in [0.2, 0.25) is 39.3 Å². The van der Waals surface area contributed by atoms with E-state index in [0.29, 0.717) is 0 Å². The predicted molar refractivity (Wildman–Crippen MR) is 233 cm³/mol. The van der Waals surface area contributed by atoms with Crippen LogP contribution in [0.25, 0.3) is 67.3 Å². The quantitative estimate of drug-likeness (QED) is 0.153. The van der Waals surface area contributed by atoms with E-state index < -0.39 is 16.1 Å². The first-order valence-corrected chi connectivity index (χ1v) is 25.8. The molecule has 53 heavy (non-hydrogen) atoms. The highest BCUT2D eigenvalue weighted by Crippen LogP contribution is 2.49. The molecule has 0 saturated carbocycles. The van der Waals surface area contributed by atoms with Crippen LogP contribution in [0.15, 0.2) is 146 Å². The number of benzene rings is 6. The number of rotatable bonds is 7. The van der Waals surface area contributed by atoms with Gasteiger partial charge in [-0.15, -0.1) is 0 Å². The molecule has 1 heterocycles. The van der Waals surface area contributed by atoms with Crippen LogP contribution in [0.1, 0.15) is 25.0 Å². The van der Waals surface area contributed by atoms with Crippen molar-refractivity contribution in [3.05, 3.63) is 157 Å². The minimum atomic E-state index is -1.42. The van der Waals surface area contributed by atoms with E-state index in [4.69, 9.17) is 9.97 Å². The highest BCUT2D eigenvalue weighted by atomic mass is 28.3. The summed E-state index contributed by atoms with van der Waals surface area (Å²) in [6.45, 7) is 19.0. The minimum absolute atomic E-state index is 0.0337. The van der Waals surface area contributed by atoms with Crippen molar-refractivity contribution in [1.29, 1.82) is 0 Å². The molecule has 1 aliphatic rings. The Labute approximate surface area is 317 Å². The summed E-state index contributed by atoms with van der Waals surface area (Å²) in [7, 11) is -2.85. The summed E-state index contributed by atoms with van der Waals surface area (Å²) in [5, 5.41) is 2.89. The topological polar surface area (TPSA) is 25.8 Å². The number of hydrogen-bond acceptors (Lipinski definition) is 2. The molecule has 7 aromatic rings. The molecule has 4 heteroatoms. The lowest BCUT2D eigenvalue weighted by Gasteiger charge is -2.22. The van der Waals surface area contributed by atoms with Crippen LogP contribution in [0, 0.1) is 0 Å². The Hall–Kier alpha value is -5.17. The molecule has 0 amide bonds. The van der Waals surface area contributed by atoms with E-state index in [-0.39, 0.29) is 5.41 Å². The highest BCUT2D eigenvalue weighted by Gasteiger charge is 2.35. The van der Waals surface area contributed by atoms with E-state index >= 15 is 0 Å². The summed E-state index contributed by atoms with van der Waals surface area (Å²) in [6.07, 6.45) is 0. The predicted octanol–water partition coefficient (Wildman–Crippen LogP) is 12.2. The second kappa shape index (κ2) is 13.0. The van der Waals surface area contributed by atoms with Gasteiger partial charge < -0.3 is 0 Å². The van der Waals surface area contributed by atoms with Crippen molar-refractivity contribution in [1.82, 2.24) is 9.97 Å². The molecule has 0 radical (unpaired) electrons. The van der Waals surface area contributed by atoms with Gasteiger partial charge in [0.2, 0.25) is 0 Å². The van der Waals surface area contributed by atoms with Crippen LogP contribution in [-0.2, 0) is 5.41 Å². The van der Waals surface area contributed by atoms with Gasteiger partial charge >= 0.3 is 0 Å². The van der Waals surface area contributed by atoms with Crippen molar-refractivity contribution in [2.75, 3.05) is 0 Å². The van der Waals surface area contributed by atoms with Crippen LogP contribution in [0.3, 0.4) is 0 Å². The van der Waals surface area contributed by atoms with Crippen molar-refractivity contribution in [3.8, 4) is 67.3 Å². The van der Waals surface area contributed by atoms with Crippen molar-refractivity contribution >= 4 is 26.5 Å². The molecule has 0 unspecified atom stereocenters. The van der Waals surface area contributed by atoms with E-state index in [0.717, 1.165) is 39.5 Å². The molecule has 0 spiro atoms. The molecule has 1 aliphatic carbocycles. The SMILES string of the molecule is CC1(C)c2ccccc2-c2ccc(-c3cccc(-c4cccc(-c5nc(-c6ccc([Si](C)(C)C)cc6)cc(-c6ccc([Si](C)(C)C)cc6)n5)c4)c3)cc21.